The number of ketones is 1. The Morgan fingerprint density at radius 1 is 0.938 bits per heavy atom. The van der Waals surface area contributed by atoms with E-state index in [0.717, 1.165) is 28.0 Å². The molecule has 0 atom stereocenters. The molecule has 1 aliphatic rings. The lowest BCUT2D eigenvalue weighted by Crippen LogP contribution is -2.29. The normalized spacial score (nSPS) is 13.0. The number of aromatic nitrogens is 1. The van der Waals surface area contributed by atoms with E-state index in [0.29, 0.717) is 21.7 Å². The lowest BCUT2D eigenvalue weighted by molar-refractivity contribution is -0.114. The van der Waals surface area contributed by atoms with E-state index in [9.17, 15) is 9.59 Å². The van der Waals surface area contributed by atoms with Gasteiger partial charge in [-0.05, 0) is 42.3 Å². The van der Waals surface area contributed by atoms with Crippen molar-refractivity contribution >= 4 is 40.0 Å². The molecule has 0 N–H and O–H groups in total. The van der Waals surface area contributed by atoms with Crippen molar-refractivity contribution in [1.82, 2.24) is 4.98 Å². The summed E-state index contributed by atoms with van der Waals surface area (Å²) in [5.41, 5.74) is 4.77. The highest BCUT2D eigenvalue weighted by molar-refractivity contribution is 6.52. The number of ether oxygens (including phenoxy) is 1. The van der Waals surface area contributed by atoms with E-state index in [2.05, 4.69) is 4.98 Å². The van der Waals surface area contributed by atoms with Crippen LogP contribution >= 0.6 is 11.6 Å². The number of hydrogen-bond donors (Lipinski definition) is 0. The van der Waals surface area contributed by atoms with Crippen LogP contribution in [0.2, 0.25) is 5.02 Å². The maximum absolute atomic E-state index is 12.8. The Balaban J connectivity index is 1.57. The summed E-state index contributed by atoms with van der Waals surface area (Å²) in [5.74, 6) is -0.0724. The average molecular weight is 443 g/mol. The second-order valence-corrected chi connectivity index (χ2v) is 8.17. The SMILES string of the molecule is COc1ccc(CN2C(=O)C(=O)c3cc4c(Cl)c(-c5ccc(C)cc5)ccc4nc32)cc1. The van der Waals surface area contributed by atoms with E-state index >= 15 is 0 Å². The first-order valence-electron chi connectivity index (χ1n) is 10.2. The summed E-state index contributed by atoms with van der Waals surface area (Å²) >= 11 is 6.73. The number of aryl methyl sites for hydroxylation is 1. The van der Waals surface area contributed by atoms with Crippen LogP contribution in [0.15, 0.2) is 66.7 Å². The van der Waals surface area contributed by atoms with Gasteiger partial charge >= 0.3 is 5.91 Å². The third-order valence-corrected chi connectivity index (χ3v) is 6.12. The number of anilines is 1. The van der Waals surface area contributed by atoms with E-state index < -0.39 is 11.7 Å². The predicted molar refractivity (Wildman–Crippen MR) is 125 cm³/mol. The van der Waals surface area contributed by atoms with Crippen LogP contribution in [0.25, 0.3) is 22.0 Å². The first-order valence-corrected chi connectivity index (χ1v) is 10.5. The van der Waals surface area contributed by atoms with Crippen LogP contribution in [0.5, 0.6) is 5.75 Å². The number of carbonyl (C=O) groups is 2. The quantitative estimate of drug-likeness (QED) is 0.386. The number of halogens is 1. The molecule has 0 radical (unpaired) electrons. The van der Waals surface area contributed by atoms with Crippen LogP contribution in [0, 0.1) is 6.92 Å². The predicted octanol–water partition coefficient (Wildman–Crippen LogP) is 5.60. The minimum atomic E-state index is -0.589. The molecule has 2 heterocycles. The molecule has 5 rings (SSSR count). The van der Waals surface area contributed by atoms with Gasteiger partial charge in [-0.15, -0.1) is 0 Å². The van der Waals surface area contributed by atoms with Gasteiger partial charge in [0.05, 0.1) is 29.8 Å². The summed E-state index contributed by atoms with van der Waals surface area (Å²) in [7, 11) is 1.60. The van der Waals surface area contributed by atoms with Gasteiger partial charge in [0.2, 0.25) is 0 Å². The topological polar surface area (TPSA) is 59.5 Å². The maximum atomic E-state index is 12.8. The molecule has 158 valence electrons. The van der Waals surface area contributed by atoms with Crippen molar-refractivity contribution in [2.45, 2.75) is 13.5 Å². The van der Waals surface area contributed by atoms with E-state index in [1.54, 1.807) is 13.2 Å². The molecule has 0 saturated carbocycles. The van der Waals surface area contributed by atoms with Crippen LogP contribution in [-0.4, -0.2) is 23.8 Å². The monoisotopic (exact) mass is 442 g/mol. The lowest BCUT2D eigenvalue weighted by Gasteiger charge is -2.16. The van der Waals surface area contributed by atoms with Gasteiger partial charge in [-0.25, -0.2) is 4.98 Å². The third kappa shape index (κ3) is 3.31. The summed E-state index contributed by atoms with van der Waals surface area (Å²) in [4.78, 5) is 31.6. The second kappa shape index (κ2) is 7.77. The van der Waals surface area contributed by atoms with Crippen LogP contribution in [0.1, 0.15) is 21.5 Å². The zero-order chi connectivity index (χ0) is 22.4. The van der Waals surface area contributed by atoms with Gasteiger partial charge in [-0.2, -0.15) is 0 Å². The van der Waals surface area contributed by atoms with E-state index in [1.807, 2.05) is 67.6 Å². The number of hydrogen-bond acceptors (Lipinski definition) is 4. The van der Waals surface area contributed by atoms with Crippen molar-refractivity contribution in [3.05, 3.63) is 88.4 Å². The number of fused-ring (bicyclic) bond motifs is 2. The van der Waals surface area contributed by atoms with Crippen molar-refractivity contribution in [3.63, 3.8) is 0 Å². The molecule has 0 fully saturated rings. The fourth-order valence-electron chi connectivity index (χ4n) is 3.92. The standard InChI is InChI=1S/C26H19ClN2O3/c1-15-3-7-17(8-4-15)19-11-12-22-20(23(19)27)13-21-24(30)26(31)29(25(21)28-22)14-16-5-9-18(32-2)10-6-16/h3-13H,14H2,1-2H3. The summed E-state index contributed by atoms with van der Waals surface area (Å²) < 4.78 is 5.18. The van der Waals surface area contributed by atoms with Gasteiger partial charge < -0.3 is 4.74 Å². The third-order valence-electron chi connectivity index (χ3n) is 5.71. The van der Waals surface area contributed by atoms with E-state index in [-0.39, 0.29) is 12.1 Å². The molecular weight excluding hydrogens is 424 g/mol. The summed E-state index contributed by atoms with van der Waals surface area (Å²) in [6, 6.07) is 20.9. The Kier molecular flexibility index (Phi) is 4.91. The number of rotatable bonds is 4. The van der Waals surface area contributed by atoms with Gasteiger partial charge in [0.15, 0.2) is 0 Å². The average Bonchev–Trinajstić information content (AvgIpc) is 3.04. The molecule has 4 aromatic rings. The molecule has 0 aliphatic carbocycles. The molecule has 6 heteroatoms. The van der Waals surface area contributed by atoms with Gasteiger partial charge in [-0.1, -0.05) is 59.6 Å². The molecule has 0 bridgehead atoms. The molecule has 32 heavy (non-hydrogen) atoms. The molecule has 3 aromatic carbocycles. The van der Waals surface area contributed by atoms with Crippen molar-refractivity contribution < 1.29 is 14.3 Å². The molecule has 1 amide bonds. The van der Waals surface area contributed by atoms with Crippen LogP contribution in [0.4, 0.5) is 5.82 Å². The van der Waals surface area contributed by atoms with E-state index in [1.165, 1.54) is 4.90 Å². The number of Topliss-reactive ketones (excluding diaryl/α,β-unsaturated/α-hetero) is 1. The fraction of sp³-hybridized carbons (Fsp3) is 0.115. The Morgan fingerprint density at radius 3 is 2.34 bits per heavy atom. The summed E-state index contributed by atoms with van der Waals surface area (Å²) in [5, 5.41) is 1.16. The first-order chi connectivity index (χ1) is 15.5. The van der Waals surface area contributed by atoms with Crippen molar-refractivity contribution in [3.8, 4) is 16.9 Å². The number of carbonyl (C=O) groups excluding carboxylic acids is 2. The zero-order valence-electron chi connectivity index (χ0n) is 17.6. The molecular formula is C26H19ClN2O3. The molecule has 1 aromatic heterocycles. The minimum Gasteiger partial charge on any atom is -0.497 e. The van der Waals surface area contributed by atoms with Gasteiger partial charge in [0.25, 0.3) is 5.78 Å². The Labute approximate surface area is 190 Å². The minimum absolute atomic E-state index is 0.245. The van der Waals surface area contributed by atoms with Crippen molar-refractivity contribution in [1.29, 1.82) is 0 Å². The number of nitrogens with zero attached hydrogens (tertiary/aromatic N) is 2. The maximum Gasteiger partial charge on any atom is 0.301 e. The molecule has 0 saturated heterocycles. The number of pyridine rings is 1. The molecule has 1 aliphatic heterocycles. The Bertz CT molecular complexity index is 1380. The highest BCUT2D eigenvalue weighted by Crippen LogP contribution is 2.38. The van der Waals surface area contributed by atoms with Gasteiger partial charge in [0.1, 0.15) is 11.6 Å². The number of methoxy groups -OCH3 is 1. The zero-order valence-corrected chi connectivity index (χ0v) is 18.3. The smallest absolute Gasteiger partial charge is 0.301 e. The Hall–Kier alpha value is -3.70. The van der Waals surface area contributed by atoms with Crippen molar-refractivity contribution in [2.75, 3.05) is 12.0 Å². The summed E-state index contributed by atoms with van der Waals surface area (Å²) in [6.45, 7) is 2.27. The van der Waals surface area contributed by atoms with Crippen LogP contribution < -0.4 is 9.64 Å². The summed E-state index contributed by atoms with van der Waals surface area (Å²) in [6.07, 6.45) is 0. The van der Waals surface area contributed by atoms with E-state index in [4.69, 9.17) is 16.3 Å². The first kappa shape index (κ1) is 20.2. The highest BCUT2D eigenvalue weighted by Gasteiger charge is 2.37. The number of amides is 1. The Morgan fingerprint density at radius 2 is 1.66 bits per heavy atom. The number of benzene rings is 3. The molecule has 0 unspecified atom stereocenters. The largest absolute Gasteiger partial charge is 0.497 e. The van der Waals surface area contributed by atoms with Gasteiger partial charge in [-0.3, -0.25) is 14.5 Å². The molecule has 5 nitrogen and oxygen atoms in total. The van der Waals surface area contributed by atoms with Crippen LogP contribution in [0.3, 0.4) is 0 Å². The fourth-order valence-corrected chi connectivity index (χ4v) is 4.25. The molecule has 0 spiro atoms. The highest BCUT2D eigenvalue weighted by atomic mass is 35.5. The lowest BCUT2D eigenvalue weighted by atomic mass is 10.0. The van der Waals surface area contributed by atoms with Crippen molar-refractivity contribution in [2.24, 2.45) is 0 Å². The van der Waals surface area contributed by atoms with Crippen LogP contribution in [-0.2, 0) is 11.3 Å². The van der Waals surface area contributed by atoms with Gasteiger partial charge in [0, 0.05) is 10.9 Å². The second-order valence-electron chi connectivity index (χ2n) is 7.79.